The second kappa shape index (κ2) is 4.30. The molecule has 1 aromatic rings. The summed E-state index contributed by atoms with van der Waals surface area (Å²) in [5, 5.41) is 6.69. The van der Waals surface area contributed by atoms with Gasteiger partial charge in [-0.3, -0.25) is 5.32 Å². The highest BCUT2D eigenvalue weighted by atomic mass is 35.5. The zero-order valence-corrected chi connectivity index (χ0v) is 9.01. The lowest BCUT2D eigenvalue weighted by Crippen LogP contribution is -2.47. The third-order valence-corrected chi connectivity index (χ3v) is 2.96. The molecule has 1 fully saturated rings. The quantitative estimate of drug-likeness (QED) is 0.546. The Hall–Kier alpha value is -0.570. The number of aryl methyl sites for hydroxylation is 1. The van der Waals surface area contributed by atoms with Crippen molar-refractivity contribution >= 4 is 11.6 Å². The predicted molar refractivity (Wildman–Crippen MR) is 59.6 cm³/mol. The highest BCUT2D eigenvalue weighted by Gasteiger charge is 2.19. The molecule has 1 aliphatic heterocycles. The zero-order valence-electron chi connectivity index (χ0n) is 8.26. The SMILES string of the molecule is Cc1ccccc1C1CNC(Cl)CN1. The van der Waals surface area contributed by atoms with Gasteiger partial charge in [-0.25, -0.2) is 0 Å². The second-order valence-corrected chi connectivity index (χ2v) is 4.22. The number of alkyl halides is 1. The van der Waals surface area contributed by atoms with E-state index in [4.69, 9.17) is 11.6 Å². The van der Waals surface area contributed by atoms with Crippen LogP contribution in [0.25, 0.3) is 0 Å². The molecule has 0 spiro atoms. The topological polar surface area (TPSA) is 24.1 Å². The first kappa shape index (κ1) is 9.97. The molecule has 0 radical (unpaired) electrons. The van der Waals surface area contributed by atoms with E-state index in [1.54, 1.807) is 0 Å². The summed E-state index contributed by atoms with van der Waals surface area (Å²) in [7, 11) is 0. The van der Waals surface area contributed by atoms with Crippen LogP contribution in [0.1, 0.15) is 17.2 Å². The molecule has 0 amide bonds. The zero-order chi connectivity index (χ0) is 9.97. The number of halogens is 1. The lowest BCUT2D eigenvalue weighted by atomic mass is 10.0. The summed E-state index contributed by atoms with van der Waals surface area (Å²) in [5.41, 5.74) is 2.76. The first-order chi connectivity index (χ1) is 6.77. The summed E-state index contributed by atoms with van der Waals surface area (Å²) in [4.78, 5) is 0. The first-order valence-corrected chi connectivity index (χ1v) is 5.37. The number of nitrogens with one attached hydrogen (secondary N) is 2. The van der Waals surface area contributed by atoms with E-state index in [0.717, 1.165) is 13.1 Å². The van der Waals surface area contributed by atoms with Crippen LogP contribution in [-0.4, -0.2) is 18.6 Å². The van der Waals surface area contributed by atoms with Gasteiger partial charge < -0.3 is 5.32 Å². The van der Waals surface area contributed by atoms with Crippen molar-refractivity contribution < 1.29 is 0 Å². The molecule has 76 valence electrons. The maximum absolute atomic E-state index is 5.94. The molecule has 0 bridgehead atoms. The van der Waals surface area contributed by atoms with Crippen LogP contribution in [0.3, 0.4) is 0 Å². The van der Waals surface area contributed by atoms with Crippen LogP contribution >= 0.6 is 11.6 Å². The Labute approximate surface area is 89.7 Å². The molecular formula is C11H15ClN2. The normalized spacial score (nSPS) is 27.6. The van der Waals surface area contributed by atoms with Crippen LogP contribution in [0.5, 0.6) is 0 Å². The largest absolute Gasteiger partial charge is 0.306 e. The highest BCUT2D eigenvalue weighted by Crippen LogP contribution is 2.18. The monoisotopic (exact) mass is 210 g/mol. The maximum atomic E-state index is 5.94. The standard InChI is InChI=1S/C11H15ClN2/c1-8-4-2-3-5-9(8)10-6-14-11(12)7-13-10/h2-5,10-11,13-14H,6-7H2,1H3. The molecule has 2 N–H and O–H groups in total. The molecule has 1 heterocycles. The number of rotatable bonds is 1. The smallest absolute Gasteiger partial charge is 0.0952 e. The van der Waals surface area contributed by atoms with Crippen molar-refractivity contribution in [2.45, 2.75) is 18.5 Å². The van der Waals surface area contributed by atoms with Crippen LogP contribution < -0.4 is 10.6 Å². The lowest BCUT2D eigenvalue weighted by Gasteiger charge is -2.29. The molecular weight excluding hydrogens is 196 g/mol. The van der Waals surface area contributed by atoms with Gasteiger partial charge in [-0.05, 0) is 18.1 Å². The molecule has 1 aliphatic rings. The van der Waals surface area contributed by atoms with Gasteiger partial charge in [0.05, 0.1) is 5.50 Å². The van der Waals surface area contributed by atoms with Gasteiger partial charge in [-0.2, -0.15) is 0 Å². The maximum Gasteiger partial charge on any atom is 0.0952 e. The average molecular weight is 211 g/mol. The predicted octanol–water partition coefficient (Wildman–Crippen LogP) is 1.79. The average Bonchev–Trinajstić information content (AvgIpc) is 2.20. The van der Waals surface area contributed by atoms with Gasteiger partial charge in [0, 0.05) is 19.1 Å². The number of hydrogen-bond acceptors (Lipinski definition) is 2. The van der Waals surface area contributed by atoms with Crippen molar-refractivity contribution in [2.75, 3.05) is 13.1 Å². The van der Waals surface area contributed by atoms with Gasteiger partial charge in [0.2, 0.25) is 0 Å². The number of piperazine rings is 1. The van der Waals surface area contributed by atoms with Gasteiger partial charge in [0.25, 0.3) is 0 Å². The molecule has 2 rings (SSSR count). The summed E-state index contributed by atoms with van der Waals surface area (Å²) >= 11 is 5.94. The van der Waals surface area contributed by atoms with Gasteiger partial charge >= 0.3 is 0 Å². The van der Waals surface area contributed by atoms with Crippen molar-refractivity contribution in [3.63, 3.8) is 0 Å². The van der Waals surface area contributed by atoms with Crippen molar-refractivity contribution in [1.29, 1.82) is 0 Å². The molecule has 1 aromatic carbocycles. The fourth-order valence-corrected chi connectivity index (χ4v) is 2.01. The highest BCUT2D eigenvalue weighted by molar-refractivity contribution is 6.20. The third kappa shape index (κ3) is 2.08. The molecule has 14 heavy (non-hydrogen) atoms. The summed E-state index contributed by atoms with van der Waals surface area (Å²) < 4.78 is 0. The van der Waals surface area contributed by atoms with Crippen LogP contribution in [0.2, 0.25) is 0 Å². The van der Waals surface area contributed by atoms with Crippen LogP contribution in [-0.2, 0) is 0 Å². The van der Waals surface area contributed by atoms with E-state index in [9.17, 15) is 0 Å². The van der Waals surface area contributed by atoms with E-state index in [1.165, 1.54) is 11.1 Å². The minimum absolute atomic E-state index is 0.0651. The third-order valence-electron chi connectivity index (χ3n) is 2.65. The molecule has 2 unspecified atom stereocenters. The molecule has 2 atom stereocenters. The van der Waals surface area contributed by atoms with Crippen molar-refractivity contribution in [2.24, 2.45) is 0 Å². The summed E-state index contributed by atoms with van der Waals surface area (Å²) in [6.45, 7) is 3.86. The lowest BCUT2D eigenvalue weighted by molar-refractivity contribution is 0.406. The minimum atomic E-state index is 0.0651. The summed E-state index contributed by atoms with van der Waals surface area (Å²) in [5.74, 6) is 0. The van der Waals surface area contributed by atoms with E-state index in [1.807, 2.05) is 0 Å². The van der Waals surface area contributed by atoms with Gasteiger partial charge in [0.15, 0.2) is 0 Å². The fraction of sp³-hybridized carbons (Fsp3) is 0.455. The Morgan fingerprint density at radius 3 is 2.64 bits per heavy atom. The Morgan fingerprint density at radius 1 is 1.21 bits per heavy atom. The number of benzene rings is 1. The molecule has 0 saturated carbocycles. The van der Waals surface area contributed by atoms with E-state index in [0.29, 0.717) is 6.04 Å². The van der Waals surface area contributed by atoms with E-state index >= 15 is 0 Å². The molecule has 2 nitrogen and oxygen atoms in total. The molecule has 0 aromatic heterocycles. The van der Waals surface area contributed by atoms with Crippen molar-refractivity contribution in [3.05, 3.63) is 35.4 Å². The summed E-state index contributed by atoms with van der Waals surface area (Å²) in [6, 6.07) is 8.86. The minimum Gasteiger partial charge on any atom is -0.306 e. The molecule has 0 aliphatic carbocycles. The Morgan fingerprint density at radius 2 is 2.00 bits per heavy atom. The molecule has 1 saturated heterocycles. The summed E-state index contributed by atoms with van der Waals surface area (Å²) in [6.07, 6.45) is 0. The van der Waals surface area contributed by atoms with Gasteiger partial charge in [-0.1, -0.05) is 24.3 Å². The van der Waals surface area contributed by atoms with E-state index < -0.39 is 0 Å². The molecule has 3 heteroatoms. The first-order valence-electron chi connectivity index (χ1n) is 4.94. The Bertz CT molecular complexity index is 306. The number of hydrogen-bond donors (Lipinski definition) is 2. The van der Waals surface area contributed by atoms with Crippen LogP contribution in [0.15, 0.2) is 24.3 Å². The van der Waals surface area contributed by atoms with Crippen molar-refractivity contribution in [3.8, 4) is 0 Å². The van der Waals surface area contributed by atoms with Gasteiger partial charge in [0.1, 0.15) is 0 Å². The second-order valence-electron chi connectivity index (χ2n) is 3.69. The van der Waals surface area contributed by atoms with Gasteiger partial charge in [-0.15, -0.1) is 11.6 Å². The van der Waals surface area contributed by atoms with E-state index in [-0.39, 0.29) is 5.50 Å². The Kier molecular flexibility index (Phi) is 3.06. The van der Waals surface area contributed by atoms with E-state index in [2.05, 4.69) is 41.8 Å². The fourth-order valence-electron chi connectivity index (χ4n) is 1.83. The Balaban J connectivity index is 2.12. The van der Waals surface area contributed by atoms with Crippen LogP contribution in [0.4, 0.5) is 0 Å². The van der Waals surface area contributed by atoms with Crippen molar-refractivity contribution in [1.82, 2.24) is 10.6 Å². The van der Waals surface area contributed by atoms with Crippen LogP contribution in [0, 0.1) is 6.92 Å².